The van der Waals surface area contributed by atoms with Crippen molar-refractivity contribution in [2.45, 2.75) is 19.0 Å². The first-order chi connectivity index (χ1) is 13.1. The normalized spacial score (nSPS) is 17.3. The number of fused-ring (bicyclic) bond motifs is 1. The van der Waals surface area contributed by atoms with Crippen molar-refractivity contribution in [2.75, 3.05) is 13.1 Å². The molecule has 1 aliphatic heterocycles. The lowest BCUT2D eigenvalue weighted by molar-refractivity contribution is 0.0937. The van der Waals surface area contributed by atoms with E-state index in [1.54, 1.807) is 0 Å². The van der Waals surface area contributed by atoms with E-state index in [-0.39, 0.29) is 17.5 Å². The van der Waals surface area contributed by atoms with Gasteiger partial charge in [-0.3, -0.25) is 9.69 Å². The van der Waals surface area contributed by atoms with Crippen LogP contribution in [0.4, 0.5) is 8.78 Å². The molecule has 0 saturated carbocycles. The molecule has 1 saturated heterocycles. The molecule has 0 bridgehead atoms. The molecule has 1 amide bonds. The maximum absolute atomic E-state index is 13.3. The van der Waals surface area contributed by atoms with E-state index >= 15 is 0 Å². The molecule has 4 rings (SSSR count). The second-order valence-corrected chi connectivity index (χ2v) is 7.00. The molecule has 0 unspecified atom stereocenters. The highest BCUT2D eigenvalue weighted by Gasteiger charge is 2.24. The van der Waals surface area contributed by atoms with Crippen molar-refractivity contribution in [2.24, 2.45) is 0 Å². The lowest BCUT2D eigenvalue weighted by Crippen LogP contribution is -2.37. The topological polar surface area (TPSA) is 32.3 Å². The van der Waals surface area contributed by atoms with Crippen molar-refractivity contribution in [3.05, 3.63) is 83.4 Å². The predicted octanol–water partition coefficient (Wildman–Crippen LogP) is 4.12. The molecule has 0 aliphatic carbocycles. The van der Waals surface area contributed by atoms with Crippen LogP contribution >= 0.6 is 0 Å². The summed E-state index contributed by atoms with van der Waals surface area (Å²) >= 11 is 0. The number of nitrogens with zero attached hydrogens (tertiary/aromatic N) is 1. The Morgan fingerprint density at radius 3 is 2.63 bits per heavy atom. The third-order valence-electron chi connectivity index (χ3n) is 5.01. The van der Waals surface area contributed by atoms with Crippen molar-refractivity contribution in [3.63, 3.8) is 0 Å². The Hall–Kier alpha value is -2.79. The van der Waals surface area contributed by atoms with Gasteiger partial charge >= 0.3 is 0 Å². The monoisotopic (exact) mass is 366 g/mol. The van der Waals surface area contributed by atoms with Crippen LogP contribution in [0.15, 0.2) is 60.7 Å². The molecule has 138 valence electrons. The second-order valence-electron chi connectivity index (χ2n) is 7.00. The SMILES string of the molecule is O=C(N[C@@H]1CCN(Cc2ccc3ccccc3c2)C1)c1ccc(F)c(F)c1. The smallest absolute Gasteiger partial charge is 0.251 e. The van der Waals surface area contributed by atoms with E-state index in [0.717, 1.165) is 38.2 Å². The van der Waals surface area contributed by atoms with Crippen molar-refractivity contribution < 1.29 is 13.6 Å². The lowest BCUT2D eigenvalue weighted by Gasteiger charge is -2.17. The predicted molar refractivity (Wildman–Crippen MR) is 101 cm³/mol. The minimum Gasteiger partial charge on any atom is -0.348 e. The summed E-state index contributed by atoms with van der Waals surface area (Å²) in [7, 11) is 0. The molecule has 1 aliphatic rings. The number of hydrogen-bond donors (Lipinski definition) is 1. The summed E-state index contributed by atoms with van der Waals surface area (Å²) in [6.07, 6.45) is 0.836. The molecule has 1 heterocycles. The maximum atomic E-state index is 13.3. The van der Waals surface area contributed by atoms with Gasteiger partial charge < -0.3 is 5.32 Å². The van der Waals surface area contributed by atoms with Crippen LogP contribution in [0, 0.1) is 11.6 Å². The molecule has 0 aromatic heterocycles. The molecular weight excluding hydrogens is 346 g/mol. The van der Waals surface area contributed by atoms with E-state index in [4.69, 9.17) is 0 Å². The average molecular weight is 366 g/mol. The molecule has 1 fully saturated rings. The molecular formula is C22H20F2N2O. The van der Waals surface area contributed by atoms with Crippen LogP contribution in [-0.4, -0.2) is 29.9 Å². The van der Waals surface area contributed by atoms with Crippen LogP contribution in [0.25, 0.3) is 10.8 Å². The fourth-order valence-corrected chi connectivity index (χ4v) is 3.60. The number of likely N-dealkylation sites (tertiary alicyclic amines) is 1. The van der Waals surface area contributed by atoms with E-state index < -0.39 is 11.6 Å². The zero-order chi connectivity index (χ0) is 18.8. The third kappa shape index (κ3) is 3.98. The van der Waals surface area contributed by atoms with Crippen LogP contribution in [0.1, 0.15) is 22.3 Å². The Kier molecular flexibility index (Phi) is 4.86. The van der Waals surface area contributed by atoms with Crippen LogP contribution in [0.3, 0.4) is 0 Å². The lowest BCUT2D eigenvalue weighted by atomic mass is 10.1. The van der Waals surface area contributed by atoms with Crippen molar-refractivity contribution in [1.82, 2.24) is 10.2 Å². The Labute approximate surface area is 156 Å². The van der Waals surface area contributed by atoms with Gasteiger partial charge in [-0.05, 0) is 47.0 Å². The largest absolute Gasteiger partial charge is 0.348 e. The van der Waals surface area contributed by atoms with Gasteiger partial charge in [-0.2, -0.15) is 0 Å². The van der Waals surface area contributed by atoms with E-state index in [0.29, 0.717) is 0 Å². The summed E-state index contributed by atoms with van der Waals surface area (Å²) in [5, 5.41) is 5.36. The number of benzene rings is 3. The van der Waals surface area contributed by atoms with Gasteiger partial charge in [0.2, 0.25) is 0 Å². The zero-order valence-electron chi connectivity index (χ0n) is 14.8. The first-order valence-electron chi connectivity index (χ1n) is 9.04. The summed E-state index contributed by atoms with van der Waals surface area (Å²) in [6, 6.07) is 17.9. The van der Waals surface area contributed by atoms with Crippen molar-refractivity contribution in [3.8, 4) is 0 Å². The van der Waals surface area contributed by atoms with E-state index in [1.165, 1.54) is 22.4 Å². The van der Waals surface area contributed by atoms with Crippen LogP contribution < -0.4 is 5.32 Å². The third-order valence-corrected chi connectivity index (χ3v) is 5.01. The van der Waals surface area contributed by atoms with E-state index in [2.05, 4.69) is 40.5 Å². The second kappa shape index (κ2) is 7.45. The summed E-state index contributed by atoms with van der Waals surface area (Å²) < 4.78 is 26.3. The standard InChI is InChI=1S/C22H20F2N2O/c23-20-8-7-18(12-21(20)24)22(27)25-19-9-10-26(14-19)13-15-5-6-16-3-1-2-4-17(16)11-15/h1-8,11-12,19H,9-10,13-14H2,(H,25,27)/t19-/m1/s1. The zero-order valence-corrected chi connectivity index (χ0v) is 14.8. The molecule has 3 aromatic rings. The summed E-state index contributed by atoms with van der Waals surface area (Å²) in [4.78, 5) is 14.5. The van der Waals surface area contributed by atoms with E-state index in [9.17, 15) is 13.6 Å². The first kappa shape index (κ1) is 17.6. The minimum atomic E-state index is -1.01. The van der Waals surface area contributed by atoms with Gasteiger partial charge in [0.25, 0.3) is 5.91 Å². The highest BCUT2D eigenvalue weighted by Crippen LogP contribution is 2.19. The number of nitrogens with one attached hydrogen (secondary N) is 1. The van der Waals surface area contributed by atoms with Gasteiger partial charge in [0.15, 0.2) is 11.6 Å². The Morgan fingerprint density at radius 1 is 1.00 bits per heavy atom. The van der Waals surface area contributed by atoms with Gasteiger partial charge in [0.1, 0.15) is 0 Å². The quantitative estimate of drug-likeness (QED) is 0.753. The van der Waals surface area contributed by atoms with E-state index in [1.807, 2.05) is 12.1 Å². The van der Waals surface area contributed by atoms with Gasteiger partial charge in [-0.15, -0.1) is 0 Å². The average Bonchev–Trinajstić information content (AvgIpc) is 3.10. The maximum Gasteiger partial charge on any atom is 0.251 e. The highest BCUT2D eigenvalue weighted by molar-refractivity contribution is 5.94. The number of rotatable bonds is 4. The van der Waals surface area contributed by atoms with Crippen LogP contribution in [-0.2, 0) is 6.54 Å². The molecule has 0 radical (unpaired) electrons. The highest BCUT2D eigenvalue weighted by atomic mass is 19.2. The Bertz CT molecular complexity index is 989. The number of carbonyl (C=O) groups is 1. The summed E-state index contributed by atoms with van der Waals surface area (Å²) in [5.41, 5.74) is 1.38. The molecule has 0 spiro atoms. The number of hydrogen-bond acceptors (Lipinski definition) is 2. The van der Waals surface area contributed by atoms with Crippen molar-refractivity contribution >= 4 is 16.7 Å². The van der Waals surface area contributed by atoms with Gasteiger partial charge in [-0.25, -0.2) is 8.78 Å². The minimum absolute atomic E-state index is 0.00562. The number of amides is 1. The Morgan fingerprint density at radius 2 is 1.81 bits per heavy atom. The summed E-state index contributed by atoms with van der Waals surface area (Å²) in [5.74, 6) is -2.33. The van der Waals surface area contributed by atoms with Gasteiger partial charge in [0.05, 0.1) is 0 Å². The molecule has 3 nitrogen and oxygen atoms in total. The fourth-order valence-electron chi connectivity index (χ4n) is 3.60. The van der Waals surface area contributed by atoms with Gasteiger partial charge in [-0.1, -0.05) is 36.4 Å². The summed E-state index contributed by atoms with van der Waals surface area (Å²) in [6.45, 7) is 2.44. The first-order valence-corrected chi connectivity index (χ1v) is 9.04. The number of halogens is 2. The fraction of sp³-hybridized carbons (Fsp3) is 0.227. The molecule has 5 heteroatoms. The molecule has 3 aromatic carbocycles. The molecule has 1 N–H and O–H groups in total. The molecule has 1 atom stereocenters. The van der Waals surface area contributed by atoms with Gasteiger partial charge in [0, 0.05) is 31.2 Å². The van der Waals surface area contributed by atoms with Crippen LogP contribution in [0.2, 0.25) is 0 Å². The van der Waals surface area contributed by atoms with Crippen LogP contribution in [0.5, 0.6) is 0 Å². The Balaban J connectivity index is 1.36. The molecule has 27 heavy (non-hydrogen) atoms. The number of carbonyl (C=O) groups excluding carboxylic acids is 1. The van der Waals surface area contributed by atoms with Crippen molar-refractivity contribution in [1.29, 1.82) is 0 Å².